The number of rotatable bonds is 4. The summed E-state index contributed by atoms with van der Waals surface area (Å²) in [6.45, 7) is 2.01. The maximum absolute atomic E-state index is 12.5. The van der Waals surface area contributed by atoms with Gasteiger partial charge in [-0.1, -0.05) is 18.2 Å². The van der Waals surface area contributed by atoms with E-state index in [1.54, 1.807) is 16.9 Å². The molecule has 25 heavy (non-hydrogen) atoms. The lowest BCUT2D eigenvalue weighted by Gasteiger charge is -2.34. The fourth-order valence-corrected chi connectivity index (χ4v) is 2.85. The average molecular weight is 340 g/mol. The predicted molar refractivity (Wildman–Crippen MR) is 91.2 cm³/mol. The molecule has 1 fully saturated rings. The van der Waals surface area contributed by atoms with Crippen LogP contribution in [-0.2, 0) is 11.2 Å². The third-order valence-electron chi connectivity index (χ3n) is 4.24. The molecule has 0 bridgehead atoms. The van der Waals surface area contributed by atoms with Crippen LogP contribution in [0.4, 0.5) is 0 Å². The number of piperazine rings is 1. The summed E-state index contributed by atoms with van der Waals surface area (Å²) in [7, 11) is 1.60. The van der Waals surface area contributed by atoms with Gasteiger partial charge in [-0.25, -0.2) is 4.98 Å². The van der Waals surface area contributed by atoms with Gasteiger partial charge in [-0.15, -0.1) is 0 Å². The van der Waals surface area contributed by atoms with Gasteiger partial charge in [0.2, 0.25) is 5.91 Å². The fraction of sp³-hybridized carbons (Fsp3) is 0.333. The van der Waals surface area contributed by atoms with E-state index in [-0.39, 0.29) is 11.8 Å². The lowest BCUT2D eigenvalue weighted by Crippen LogP contribution is -2.51. The van der Waals surface area contributed by atoms with Gasteiger partial charge < -0.3 is 14.5 Å². The molecule has 2 amide bonds. The zero-order valence-electron chi connectivity index (χ0n) is 14.1. The van der Waals surface area contributed by atoms with Crippen LogP contribution >= 0.6 is 0 Å². The van der Waals surface area contributed by atoms with Crippen molar-refractivity contribution >= 4 is 11.8 Å². The highest BCUT2D eigenvalue weighted by Gasteiger charge is 2.25. The van der Waals surface area contributed by atoms with Crippen molar-refractivity contribution in [2.24, 2.45) is 0 Å². The van der Waals surface area contributed by atoms with Crippen LogP contribution in [0.1, 0.15) is 16.1 Å². The Balaban J connectivity index is 1.57. The fourth-order valence-electron chi connectivity index (χ4n) is 2.85. The van der Waals surface area contributed by atoms with Crippen molar-refractivity contribution in [1.82, 2.24) is 19.8 Å². The topological polar surface area (TPSA) is 75.6 Å². The smallest absolute Gasteiger partial charge is 0.274 e. The van der Waals surface area contributed by atoms with Gasteiger partial charge in [-0.05, 0) is 6.07 Å². The monoisotopic (exact) mass is 340 g/mol. The number of amides is 2. The summed E-state index contributed by atoms with van der Waals surface area (Å²) in [6, 6.07) is 7.51. The Morgan fingerprint density at radius 3 is 2.48 bits per heavy atom. The number of aromatic nitrogens is 2. The van der Waals surface area contributed by atoms with Crippen molar-refractivity contribution in [2.45, 2.75) is 6.42 Å². The van der Waals surface area contributed by atoms with Crippen LogP contribution < -0.4 is 4.74 Å². The summed E-state index contributed by atoms with van der Waals surface area (Å²) in [4.78, 5) is 36.3. The summed E-state index contributed by atoms with van der Waals surface area (Å²) < 4.78 is 5.29. The van der Waals surface area contributed by atoms with Crippen molar-refractivity contribution < 1.29 is 14.3 Å². The first-order valence-corrected chi connectivity index (χ1v) is 8.14. The second-order valence-electron chi connectivity index (χ2n) is 5.75. The molecule has 7 heteroatoms. The Labute approximate surface area is 146 Å². The highest BCUT2D eigenvalue weighted by molar-refractivity contribution is 5.92. The van der Waals surface area contributed by atoms with Gasteiger partial charge in [0.1, 0.15) is 11.4 Å². The summed E-state index contributed by atoms with van der Waals surface area (Å²) in [6.07, 6.45) is 4.79. The number of hydrogen-bond donors (Lipinski definition) is 0. The molecule has 1 aromatic carbocycles. The van der Waals surface area contributed by atoms with Crippen molar-refractivity contribution in [3.63, 3.8) is 0 Å². The van der Waals surface area contributed by atoms with E-state index in [1.165, 1.54) is 18.6 Å². The first kappa shape index (κ1) is 16.9. The van der Waals surface area contributed by atoms with Gasteiger partial charge in [0, 0.05) is 44.1 Å². The van der Waals surface area contributed by atoms with E-state index in [9.17, 15) is 9.59 Å². The summed E-state index contributed by atoms with van der Waals surface area (Å²) >= 11 is 0. The molecule has 1 saturated heterocycles. The Bertz CT molecular complexity index is 743. The minimum atomic E-state index is -0.148. The SMILES string of the molecule is COc1ccccc1CC(=O)N1CCN(C(=O)c2cnccn2)CC1. The molecule has 1 aliphatic heterocycles. The van der Waals surface area contributed by atoms with E-state index < -0.39 is 0 Å². The van der Waals surface area contributed by atoms with Crippen molar-refractivity contribution in [3.05, 3.63) is 54.1 Å². The molecule has 0 unspecified atom stereocenters. The second-order valence-corrected chi connectivity index (χ2v) is 5.75. The normalized spacial score (nSPS) is 14.3. The quantitative estimate of drug-likeness (QED) is 0.830. The maximum atomic E-state index is 12.5. The van der Waals surface area contributed by atoms with Gasteiger partial charge in [0.15, 0.2) is 0 Å². The lowest BCUT2D eigenvalue weighted by atomic mass is 10.1. The zero-order chi connectivity index (χ0) is 17.6. The van der Waals surface area contributed by atoms with E-state index in [1.807, 2.05) is 24.3 Å². The molecule has 7 nitrogen and oxygen atoms in total. The van der Waals surface area contributed by atoms with Crippen molar-refractivity contribution in [2.75, 3.05) is 33.3 Å². The number of benzene rings is 1. The molecule has 1 aromatic heterocycles. The number of ether oxygens (including phenoxy) is 1. The highest BCUT2D eigenvalue weighted by atomic mass is 16.5. The second kappa shape index (κ2) is 7.74. The van der Waals surface area contributed by atoms with E-state index in [4.69, 9.17) is 4.74 Å². The zero-order valence-corrected chi connectivity index (χ0v) is 14.1. The Morgan fingerprint density at radius 1 is 1.08 bits per heavy atom. The summed E-state index contributed by atoms with van der Waals surface area (Å²) in [5.41, 5.74) is 1.20. The molecule has 0 atom stereocenters. The molecule has 1 aliphatic rings. The van der Waals surface area contributed by atoms with Crippen LogP contribution in [0.2, 0.25) is 0 Å². The molecule has 0 N–H and O–H groups in total. The Kier molecular flexibility index (Phi) is 5.23. The number of carbonyl (C=O) groups excluding carboxylic acids is 2. The summed E-state index contributed by atoms with van der Waals surface area (Å²) in [5, 5.41) is 0. The first-order valence-electron chi connectivity index (χ1n) is 8.14. The number of nitrogens with zero attached hydrogens (tertiary/aromatic N) is 4. The third-order valence-corrected chi connectivity index (χ3v) is 4.24. The van der Waals surface area contributed by atoms with Crippen LogP contribution in [0.25, 0.3) is 0 Å². The number of carbonyl (C=O) groups is 2. The predicted octanol–water partition coefficient (Wildman–Crippen LogP) is 1.01. The molecule has 2 aromatic rings. The summed E-state index contributed by atoms with van der Waals surface area (Å²) in [5.74, 6) is 0.605. The molecule has 2 heterocycles. The average Bonchev–Trinajstić information content (AvgIpc) is 2.68. The molecule has 0 spiro atoms. The van der Waals surface area contributed by atoms with Crippen molar-refractivity contribution in [1.29, 1.82) is 0 Å². The Morgan fingerprint density at radius 2 is 1.80 bits per heavy atom. The molecular weight excluding hydrogens is 320 g/mol. The molecule has 0 saturated carbocycles. The van der Waals surface area contributed by atoms with Gasteiger partial charge in [-0.2, -0.15) is 0 Å². The van der Waals surface area contributed by atoms with Crippen LogP contribution in [0.15, 0.2) is 42.9 Å². The van der Waals surface area contributed by atoms with Gasteiger partial charge >= 0.3 is 0 Å². The Hall–Kier alpha value is -2.96. The molecule has 0 radical (unpaired) electrons. The maximum Gasteiger partial charge on any atom is 0.274 e. The van der Waals surface area contributed by atoms with Crippen LogP contribution in [0, 0.1) is 0 Å². The number of methoxy groups -OCH3 is 1. The number of para-hydroxylation sites is 1. The minimum Gasteiger partial charge on any atom is -0.496 e. The van der Waals surface area contributed by atoms with E-state index >= 15 is 0 Å². The third kappa shape index (κ3) is 3.93. The lowest BCUT2D eigenvalue weighted by molar-refractivity contribution is -0.131. The van der Waals surface area contributed by atoms with E-state index in [0.29, 0.717) is 44.0 Å². The number of hydrogen-bond acceptors (Lipinski definition) is 5. The minimum absolute atomic E-state index is 0.0381. The highest BCUT2D eigenvalue weighted by Crippen LogP contribution is 2.19. The van der Waals surface area contributed by atoms with Gasteiger partial charge in [-0.3, -0.25) is 14.6 Å². The van der Waals surface area contributed by atoms with Crippen LogP contribution in [0.3, 0.4) is 0 Å². The molecule has 3 rings (SSSR count). The van der Waals surface area contributed by atoms with E-state index in [2.05, 4.69) is 9.97 Å². The largest absolute Gasteiger partial charge is 0.496 e. The van der Waals surface area contributed by atoms with Gasteiger partial charge in [0.25, 0.3) is 5.91 Å². The molecule has 130 valence electrons. The van der Waals surface area contributed by atoms with Crippen molar-refractivity contribution in [3.8, 4) is 5.75 Å². The van der Waals surface area contributed by atoms with Crippen LogP contribution in [-0.4, -0.2) is 64.9 Å². The first-order chi connectivity index (χ1) is 12.2. The van der Waals surface area contributed by atoms with Crippen LogP contribution in [0.5, 0.6) is 5.75 Å². The van der Waals surface area contributed by atoms with E-state index in [0.717, 1.165) is 5.56 Å². The van der Waals surface area contributed by atoms with Gasteiger partial charge in [0.05, 0.1) is 19.7 Å². The molecular formula is C18H20N4O3. The standard InChI is InChI=1S/C18H20N4O3/c1-25-16-5-3-2-4-14(16)12-17(23)21-8-10-22(11-9-21)18(24)15-13-19-6-7-20-15/h2-7,13H,8-12H2,1H3. The molecule has 0 aliphatic carbocycles.